The van der Waals surface area contributed by atoms with Crippen molar-refractivity contribution in [2.45, 2.75) is 63.9 Å². The highest BCUT2D eigenvalue weighted by molar-refractivity contribution is 5.85. The Kier molecular flexibility index (Phi) is 3.77. The van der Waals surface area contributed by atoms with Gasteiger partial charge in [-0.05, 0) is 68.6 Å². The molecular weight excluding hydrogens is 304 g/mol. The number of esters is 2. The lowest BCUT2D eigenvalue weighted by molar-refractivity contribution is -0.184. The largest absolute Gasteiger partial charge is 0.469 e. The molecule has 24 heavy (non-hydrogen) atoms. The molecule has 3 saturated carbocycles. The first-order valence-electron chi connectivity index (χ1n) is 9.50. The van der Waals surface area contributed by atoms with Crippen LogP contribution in [0.3, 0.4) is 0 Å². The fourth-order valence-electron chi connectivity index (χ4n) is 6.10. The molecule has 4 nitrogen and oxygen atoms in total. The van der Waals surface area contributed by atoms with Gasteiger partial charge in [-0.15, -0.1) is 0 Å². The molecule has 0 amide bonds. The molecule has 0 heterocycles. The summed E-state index contributed by atoms with van der Waals surface area (Å²) >= 11 is 0. The topological polar surface area (TPSA) is 52.6 Å². The average Bonchev–Trinajstić information content (AvgIpc) is 3.34. The summed E-state index contributed by atoms with van der Waals surface area (Å²) in [7, 11) is 1.40. The highest BCUT2D eigenvalue weighted by atomic mass is 16.6. The van der Waals surface area contributed by atoms with Crippen molar-refractivity contribution in [3.8, 4) is 0 Å². The van der Waals surface area contributed by atoms with E-state index in [-0.39, 0.29) is 29.9 Å². The van der Waals surface area contributed by atoms with Crippen molar-refractivity contribution >= 4 is 11.9 Å². The van der Waals surface area contributed by atoms with Crippen LogP contribution in [0.5, 0.6) is 0 Å². The molecule has 0 aromatic heterocycles. The Bertz CT molecular complexity index is 582. The van der Waals surface area contributed by atoms with E-state index < -0.39 is 5.41 Å². The van der Waals surface area contributed by atoms with Crippen molar-refractivity contribution in [3.05, 3.63) is 12.2 Å². The monoisotopic (exact) mass is 332 g/mol. The van der Waals surface area contributed by atoms with Gasteiger partial charge in [0.25, 0.3) is 0 Å². The maximum absolute atomic E-state index is 13.3. The number of carbonyl (C=O) groups excluding carboxylic acids is 2. The lowest BCUT2D eigenvalue weighted by Crippen LogP contribution is -2.47. The van der Waals surface area contributed by atoms with E-state index in [1.165, 1.54) is 26.4 Å². The second kappa shape index (κ2) is 5.60. The summed E-state index contributed by atoms with van der Waals surface area (Å²) in [5, 5.41) is 0. The third-order valence-electron chi connectivity index (χ3n) is 7.42. The summed E-state index contributed by atoms with van der Waals surface area (Å²) in [5.74, 6) is 1.33. The highest BCUT2D eigenvalue weighted by Gasteiger charge is 2.59. The molecule has 0 spiro atoms. The van der Waals surface area contributed by atoms with Gasteiger partial charge in [0.2, 0.25) is 0 Å². The van der Waals surface area contributed by atoms with Crippen LogP contribution < -0.4 is 0 Å². The Labute approximate surface area is 144 Å². The predicted octanol–water partition coefficient (Wildman–Crippen LogP) is 3.64. The summed E-state index contributed by atoms with van der Waals surface area (Å²) in [5.41, 5.74) is -0.981. The normalized spacial score (nSPS) is 44.9. The molecule has 3 fully saturated rings. The number of allylic oxidation sites excluding steroid dienone is 2. The SMILES string of the molecule is CCC1(OC(=O)C2(CC(=O)OC)CC3C=CC2C3)CC2CCC1C2. The molecule has 0 radical (unpaired) electrons. The minimum absolute atomic E-state index is 0.126. The minimum Gasteiger partial charge on any atom is -0.469 e. The van der Waals surface area contributed by atoms with Gasteiger partial charge in [-0.25, -0.2) is 0 Å². The van der Waals surface area contributed by atoms with Gasteiger partial charge in [-0.2, -0.15) is 0 Å². The van der Waals surface area contributed by atoms with Crippen LogP contribution in [-0.4, -0.2) is 24.6 Å². The Hall–Kier alpha value is -1.32. The number of methoxy groups -OCH3 is 1. The standard InChI is InChI=1S/C20H28O4/c1-3-20(11-14-5-7-16(20)9-14)24-18(22)19(12-17(21)23-2)10-13-4-6-15(19)8-13/h4,6,13-16H,3,5,7-12H2,1-2H3. The molecule has 4 heteroatoms. The van der Waals surface area contributed by atoms with E-state index >= 15 is 0 Å². The Balaban J connectivity index is 1.58. The van der Waals surface area contributed by atoms with Gasteiger partial charge < -0.3 is 9.47 Å². The van der Waals surface area contributed by atoms with Gasteiger partial charge in [0.05, 0.1) is 18.9 Å². The number of carbonyl (C=O) groups is 2. The van der Waals surface area contributed by atoms with Crippen molar-refractivity contribution in [1.29, 1.82) is 0 Å². The molecule has 4 rings (SSSR count). The van der Waals surface area contributed by atoms with E-state index in [2.05, 4.69) is 19.1 Å². The van der Waals surface area contributed by atoms with Crippen molar-refractivity contribution in [2.75, 3.05) is 7.11 Å². The lowest BCUT2D eigenvalue weighted by atomic mass is 9.72. The van der Waals surface area contributed by atoms with Crippen molar-refractivity contribution in [1.82, 2.24) is 0 Å². The van der Waals surface area contributed by atoms with Gasteiger partial charge in [0, 0.05) is 0 Å². The summed E-state index contributed by atoms with van der Waals surface area (Å²) < 4.78 is 11.2. The molecule has 4 aliphatic rings. The Morgan fingerprint density at radius 3 is 2.50 bits per heavy atom. The number of hydrogen-bond donors (Lipinski definition) is 0. The highest BCUT2D eigenvalue weighted by Crippen LogP contribution is 2.58. The fourth-order valence-corrected chi connectivity index (χ4v) is 6.10. The molecular formula is C20H28O4. The molecule has 4 bridgehead atoms. The maximum atomic E-state index is 13.3. The Morgan fingerprint density at radius 1 is 1.17 bits per heavy atom. The summed E-state index contributed by atoms with van der Waals surface area (Å²) in [6.45, 7) is 2.14. The summed E-state index contributed by atoms with van der Waals surface area (Å²) in [4.78, 5) is 25.4. The first-order valence-corrected chi connectivity index (χ1v) is 9.50. The van der Waals surface area contributed by atoms with Gasteiger partial charge in [-0.3, -0.25) is 9.59 Å². The first kappa shape index (κ1) is 16.2. The van der Waals surface area contributed by atoms with Crippen molar-refractivity contribution in [3.63, 3.8) is 0 Å². The van der Waals surface area contributed by atoms with E-state index in [9.17, 15) is 9.59 Å². The van der Waals surface area contributed by atoms with Crippen LogP contribution in [0.1, 0.15) is 58.3 Å². The molecule has 0 saturated heterocycles. The van der Waals surface area contributed by atoms with Crippen LogP contribution in [0.15, 0.2) is 12.2 Å². The summed E-state index contributed by atoms with van der Waals surface area (Å²) in [6.07, 6.45) is 11.7. The van der Waals surface area contributed by atoms with Crippen LogP contribution >= 0.6 is 0 Å². The van der Waals surface area contributed by atoms with Crippen LogP contribution in [0.2, 0.25) is 0 Å². The number of rotatable bonds is 5. The van der Waals surface area contributed by atoms with Crippen LogP contribution in [0, 0.1) is 29.1 Å². The molecule has 132 valence electrons. The average molecular weight is 332 g/mol. The molecule has 0 aromatic carbocycles. The maximum Gasteiger partial charge on any atom is 0.313 e. The predicted molar refractivity (Wildman–Crippen MR) is 89.0 cm³/mol. The molecule has 0 aromatic rings. The van der Waals surface area contributed by atoms with Crippen LogP contribution in [-0.2, 0) is 19.1 Å². The van der Waals surface area contributed by atoms with E-state index in [0.29, 0.717) is 11.8 Å². The fraction of sp³-hybridized carbons (Fsp3) is 0.800. The molecule has 4 aliphatic carbocycles. The number of hydrogen-bond acceptors (Lipinski definition) is 4. The third kappa shape index (κ3) is 2.25. The zero-order valence-corrected chi connectivity index (χ0v) is 14.8. The second-order valence-corrected chi connectivity index (χ2v) is 8.49. The summed E-state index contributed by atoms with van der Waals surface area (Å²) in [6, 6.07) is 0. The van der Waals surface area contributed by atoms with Gasteiger partial charge in [0.15, 0.2) is 0 Å². The van der Waals surface area contributed by atoms with Crippen molar-refractivity contribution < 1.29 is 19.1 Å². The lowest BCUT2D eigenvalue weighted by Gasteiger charge is -2.41. The number of ether oxygens (including phenoxy) is 2. The Morgan fingerprint density at radius 2 is 2.00 bits per heavy atom. The second-order valence-electron chi connectivity index (χ2n) is 8.49. The first-order chi connectivity index (χ1) is 11.5. The van der Waals surface area contributed by atoms with Gasteiger partial charge in [-0.1, -0.05) is 19.1 Å². The molecule has 0 aliphatic heterocycles. The quantitative estimate of drug-likeness (QED) is 0.570. The van der Waals surface area contributed by atoms with Crippen molar-refractivity contribution in [2.24, 2.45) is 29.1 Å². The van der Waals surface area contributed by atoms with E-state index in [1.54, 1.807) is 0 Å². The van der Waals surface area contributed by atoms with Crippen LogP contribution in [0.25, 0.3) is 0 Å². The molecule has 0 N–H and O–H groups in total. The zero-order chi connectivity index (χ0) is 16.9. The van der Waals surface area contributed by atoms with Gasteiger partial charge in [0.1, 0.15) is 5.60 Å². The van der Waals surface area contributed by atoms with Gasteiger partial charge >= 0.3 is 11.9 Å². The minimum atomic E-state index is -0.698. The van der Waals surface area contributed by atoms with E-state index in [1.807, 2.05) is 0 Å². The van der Waals surface area contributed by atoms with E-state index in [4.69, 9.17) is 9.47 Å². The molecule has 6 atom stereocenters. The molecule has 6 unspecified atom stereocenters. The van der Waals surface area contributed by atoms with E-state index in [0.717, 1.165) is 31.6 Å². The smallest absolute Gasteiger partial charge is 0.313 e. The zero-order valence-electron chi connectivity index (χ0n) is 14.8. The van der Waals surface area contributed by atoms with Crippen LogP contribution in [0.4, 0.5) is 0 Å². The third-order valence-corrected chi connectivity index (χ3v) is 7.42. The number of fused-ring (bicyclic) bond motifs is 4.